The maximum absolute atomic E-state index is 13.8. The molecule has 1 aliphatic rings. The Balaban J connectivity index is 1.52. The van der Waals surface area contributed by atoms with Crippen LogP contribution in [-0.4, -0.2) is 33.8 Å². The third-order valence-corrected chi connectivity index (χ3v) is 6.93. The van der Waals surface area contributed by atoms with E-state index >= 15 is 0 Å². The monoisotopic (exact) mass is 416 g/mol. The Bertz CT molecular complexity index is 1020. The Morgan fingerprint density at radius 3 is 2.71 bits per heavy atom. The molecule has 4 rings (SSSR count). The Morgan fingerprint density at radius 1 is 1.11 bits per heavy atom. The van der Waals surface area contributed by atoms with Crippen LogP contribution in [0, 0.1) is 5.82 Å². The van der Waals surface area contributed by atoms with Crippen molar-refractivity contribution < 1.29 is 9.13 Å². The van der Waals surface area contributed by atoms with E-state index in [1.54, 1.807) is 16.7 Å². The lowest BCUT2D eigenvalue weighted by Gasteiger charge is -2.16. The van der Waals surface area contributed by atoms with Crippen LogP contribution in [0.2, 0.25) is 0 Å². The summed E-state index contributed by atoms with van der Waals surface area (Å²) < 4.78 is 21.2. The van der Waals surface area contributed by atoms with Gasteiger partial charge in [-0.3, -0.25) is 9.36 Å². The van der Waals surface area contributed by atoms with Crippen LogP contribution in [-0.2, 0) is 11.3 Å². The van der Waals surface area contributed by atoms with Crippen molar-refractivity contribution in [3.05, 3.63) is 64.7 Å². The molecular weight excluding hydrogens is 395 g/mol. The summed E-state index contributed by atoms with van der Waals surface area (Å²) in [5.74, 6) is 1.26. The fraction of sp³-hybridized carbons (Fsp3) is 0.333. The molecule has 1 aliphatic heterocycles. The predicted octanol–water partition coefficient (Wildman–Crippen LogP) is 4.60. The van der Waals surface area contributed by atoms with Gasteiger partial charge in [0.15, 0.2) is 5.16 Å². The molecule has 1 aromatic heterocycles. The number of aromatic nitrogens is 2. The van der Waals surface area contributed by atoms with Crippen molar-refractivity contribution in [3.63, 3.8) is 0 Å². The number of fused-ring (bicyclic) bond motifs is 1. The van der Waals surface area contributed by atoms with Crippen LogP contribution >= 0.6 is 23.5 Å². The topological polar surface area (TPSA) is 44.1 Å². The fourth-order valence-corrected chi connectivity index (χ4v) is 5.18. The van der Waals surface area contributed by atoms with Gasteiger partial charge < -0.3 is 4.74 Å². The zero-order valence-electron chi connectivity index (χ0n) is 15.3. The molecule has 0 saturated carbocycles. The molecule has 0 N–H and O–H groups in total. The highest BCUT2D eigenvalue weighted by atomic mass is 32.2. The van der Waals surface area contributed by atoms with Crippen LogP contribution in [0.5, 0.6) is 0 Å². The van der Waals surface area contributed by atoms with Gasteiger partial charge >= 0.3 is 0 Å². The molecule has 1 saturated heterocycles. The number of nitrogens with zero attached hydrogens (tertiary/aromatic N) is 2. The van der Waals surface area contributed by atoms with Crippen LogP contribution in [0.1, 0.15) is 12.8 Å². The van der Waals surface area contributed by atoms with E-state index in [1.165, 1.54) is 29.6 Å². The molecule has 28 heavy (non-hydrogen) atoms. The van der Waals surface area contributed by atoms with Crippen LogP contribution in [0.15, 0.2) is 63.4 Å². The van der Waals surface area contributed by atoms with Gasteiger partial charge in [-0.1, -0.05) is 36.0 Å². The maximum atomic E-state index is 13.8. The van der Waals surface area contributed by atoms with Gasteiger partial charge in [-0.25, -0.2) is 9.37 Å². The molecule has 2 aromatic carbocycles. The second-order valence-electron chi connectivity index (χ2n) is 6.59. The Hall–Kier alpha value is -1.83. The summed E-state index contributed by atoms with van der Waals surface area (Å²) >= 11 is 3.01. The average Bonchev–Trinajstić information content (AvgIpc) is 3.22. The molecule has 7 heteroatoms. The summed E-state index contributed by atoms with van der Waals surface area (Å²) in [6, 6.07) is 14.2. The van der Waals surface area contributed by atoms with E-state index in [2.05, 4.69) is 0 Å². The summed E-state index contributed by atoms with van der Waals surface area (Å²) in [7, 11) is 0. The van der Waals surface area contributed by atoms with Gasteiger partial charge in [0, 0.05) is 23.0 Å². The number of ether oxygens (including phenoxy) is 1. The summed E-state index contributed by atoms with van der Waals surface area (Å²) in [6.45, 7) is 1.28. The highest BCUT2D eigenvalue weighted by Crippen LogP contribution is 2.25. The van der Waals surface area contributed by atoms with E-state index in [0.29, 0.717) is 27.5 Å². The Kier molecular flexibility index (Phi) is 6.34. The maximum Gasteiger partial charge on any atom is 0.262 e. The SMILES string of the molecule is O=c1c2ccccc2nc(SCCSc2ccccc2F)n1CC1CCCO1. The van der Waals surface area contributed by atoms with Crippen molar-refractivity contribution in [3.8, 4) is 0 Å². The van der Waals surface area contributed by atoms with E-state index in [1.807, 2.05) is 30.3 Å². The summed E-state index contributed by atoms with van der Waals surface area (Å²) in [6.07, 6.45) is 2.06. The first-order chi connectivity index (χ1) is 13.7. The largest absolute Gasteiger partial charge is 0.376 e. The second kappa shape index (κ2) is 9.11. The first kappa shape index (κ1) is 19.5. The van der Waals surface area contributed by atoms with Gasteiger partial charge in [0.25, 0.3) is 5.56 Å². The van der Waals surface area contributed by atoms with Crippen molar-refractivity contribution in [2.45, 2.75) is 35.5 Å². The molecule has 146 valence electrons. The molecule has 0 aliphatic carbocycles. The van der Waals surface area contributed by atoms with E-state index in [0.717, 1.165) is 31.0 Å². The van der Waals surface area contributed by atoms with Gasteiger partial charge in [-0.15, -0.1) is 11.8 Å². The minimum absolute atomic E-state index is 0.0228. The summed E-state index contributed by atoms with van der Waals surface area (Å²) in [5.41, 5.74) is 0.686. The molecule has 4 nitrogen and oxygen atoms in total. The van der Waals surface area contributed by atoms with E-state index in [-0.39, 0.29) is 17.5 Å². The lowest BCUT2D eigenvalue weighted by molar-refractivity contribution is 0.0937. The number of hydrogen-bond donors (Lipinski definition) is 0. The molecule has 0 amide bonds. The summed E-state index contributed by atoms with van der Waals surface area (Å²) in [4.78, 5) is 18.4. The van der Waals surface area contributed by atoms with Crippen LogP contribution < -0.4 is 5.56 Å². The molecule has 0 bridgehead atoms. The average molecular weight is 417 g/mol. The predicted molar refractivity (Wildman–Crippen MR) is 113 cm³/mol. The van der Waals surface area contributed by atoms with Crippen molar-refractivity contribution in [1.29, 1.82) is 0 Å². The third-order valence-electron chi connectivity index (χ3n) is 4.65. The van der Waals surface area contributed by atoms with Gasteiger partial charge in [0.2, 0.25) is 0 Å². The zero-order chi connectivity index (χ0) is 19.3. The number of para-hydroxylation sites is 1. The third kappa shape index (κ3) is 4.42. The highest BCUT2D eigenvalue weighted by molar-refractivity contribution is 8.02. The van der Waals surface area contributed by atoms with Crippen LogP contribution in [0.3, 0.4) is 0 Å². The zero-order valence-corrected chi connectivity index (χ0v) is 17.0. The number of rotatable bonds is 7. The van der Waals surface area contributed by atoms with E-state index in [4.69, 9.17) is 9.72 Å². The molecule has 2 heterocycles. The van der Waals surface area contributed by atoms with E-state index < -0.39 is 0 Å². The molecule has 1 atom stereocenters. The normalized spacial score (nSPS) is 16.7. The lowest BCUT2D eigenvalue weighted by Crippen LogP contribution is -2.28. The number of halogens is 1. The molecule has 3 aromatic rings. The second-order valence-corrected chi connectivity index (χ2v) is 8.79. The van der Waals surface area contributed by atoms with Crippen LogP contribution in [0.4, 0.5) is 4.39 Å². The van der Waals surface area contributed by atoms with Crippen LogP contribution in [0.25, 0.3) is 10.9 Å². The van der Waals surface area contributed by atoms with Crippen molar-refractivity contribution in [2.75, 3.05) is 18.1 Å². The quantitative estimate of drug-likeness (QED) is 0.320. The van der Waals surface area contributed by atoms with Gasteiger partial charge in [-0.2, -0.15) is 0 Å². The van der Waals surface area contributed by atoms with Gasteiger partial charge in [-0.05, 0) is 37.1 Å². The number of thioether (sulfide) groups is 2. The molecule has 0 spiro atoms. The Morgan fingerprint density at radius 2 is 1.89 bits per heavy atom. The Labute approximate surface area is 171 Å². The minimum Gasteiger partial charge on any atom is -0.376 e. The van der Waals surface area contributed by atoms with Crippen molar-refractivity contribution >= 4 is 34.4 Å². The lowest BCUT2D eigenvalue weighted by atomic mass is 10.2. The number of hydrogen-bond acceptors (Lipinski definition) is 5. The van der Waals surface area contributed by atoms with Gasteiger partial charge in [0.1, 0.15) is 5.82 Å². The van der Waals surface area contributed by atoms with Gasteiger partial charge in [0.05, 0.1) is 23.6 Å². The minimum atomic E-state index is -0.198. The highest BCUT2D eigenvalue weighted by Gasteiger charge is 2.20. The number of benzene rings is 2. The first-order valence-corrected chi connectivity index (χ1v) is 11.3. The molecule has 1 fully saturated rings. The smallest absolute Gasteiger partial charge is 0.262 e. The molecule has 0 radical (unpaired) electrons. The van der Waals surface area contributed by atoms with Crippen molar-refractivity contribution in [2.24, 2.45) is 0 Å². The first-order valence-electron chi connectivity index (χ1n) is 9.33. The fourth-order valence-electron chi connectivity index (χ4n) is 3.26. The molecular formula is C21H21FN2O2S2. The van der Waals surface area contributed by atoms with E-state index in [9.17, 15) is 9.18 Å². The summed E-state index contributed by atoms with van der Waals surface area (Å²) in [5, 5.41) is 1.33. The van der Waals surface area contributed by atoms with Crippen molar-refractivity contribution in [1.82, 2.24) is 9.55 Å². The molecule has 1 unspecified atom stereocenters. The standard InChI is InChI=1S/C21H21FN2O2S2/c22-17-8-2-4-10-19(17)27-12-13-28-21-23-18-9-3-1-7-16(18)20(25)24(21)14-15-6-5-11-26-15/h1-4,7-10,15H,5-6,11-14H2.